The van der Waals surface area contributed by atoms with Gasteiger partial charge in [0.05, 0.1) is 11.0 Å². The molecule has 1 aromatic heterocycles. The van der Waals surface area contributed by atoms with Crippen molar-refractivity contribution in [1.29, 1.82) is 0 Å². The van der Waals surface area contributed by atoms with Crippen molar-refractivity contribution in [2.75, 3.05) is 7.05 Å². The van der Waals surface area contributed by atoms with E-state index >= 15 is 0 Å². The van der Waals surface area contributed by atoms with E-state index in [9.17, 15) is 10.1 Å². The minimum Gasteiger partial charge on any atom is -0.311 e. The number of hydrogen-bond acceptors (Lipinski definition) is 6. The maximum Gasteiger partial charge on any atom is 0.270 e. The van der Waals surface area contributed by atoms with Crippen LogP contribution < -0.4 is 5.32 Å². The monoisotopic (exact) mass is 278 g/mol. The van der Waals surface area contributed by atoms with E-state index in [4.69, 9.17) is 0 Å². The summed E-state index contributed by atoms with van der Waals surface area (Å²) in [5.74, 6) is 0. The van der Waals surface area contributed by atoms with Crippen LogP contribution in [0.5, 0.6) is 0 Å². The lowest BCUT2D eigenvalue weighted by atomic mass is 10.1. The smallest absolute Gasteiger partial charge is 0.270 e. The summed E-state index contributed by atoms with van der Waals surface area (Å²) in [5.41, 5.74) is 1.65. The van der Waals surface area contributed by atoms with Crippen molar-refractivity contribution in [3.63, 3.8) is 0 Å². The lowest BCUT2D eigenvalue weighted by Gasteiger charge is -2.03. The molecule has 100 valence electrons. The van der Waals surface area contributed by atoms with E-state index in [1.54, 1.807) is 6.07 Å². The highest BCUT2D eigenvalue weighted by atomic mass is 32.1. The molecule has 7 heteroatoms. The van der Waals surface area contributed by atoms with Gasteiger partial charge in [-0.2, -0.15) is 0 Å². The van der Waals surface area contributed by atoms with Crippen LogP contribution >= 0.6 is 11.3 Å². The molecular formula is C12H14N4O2S. The molecule has 0 spiro atoms. The predicted octanol–water partition coefficient (Wildman–Crippen LogP) is 2.70. The minimum atomic E-state index is -0.394. The molecule has 19 heavy (non-hydrogen) atoms. The topological polar surface area (TPSA) is 81.0 Å². The molecule has 1 aromatic carbocycles. The van der Waals surface area contributed by atoms with Gasteiger partial charge in [-0.1, -0.05) is 11.3 Å². The Kier molecular flexibility index (Phi) is 3.87. The Morgan fingerprint density at radius 2 is 2.11 bits per heavy atom. The third-order valence-corrected chi connectivity index (χ3v) is 3.92. The second kappa shape index (κ2) is 5.41. The van der Waals surface area contributed by atoms with Crippen LogP contribution in [0.4, 0.5) is 5.69 Å². The number of aryl methyl sites for hydroxylation is 1. The quantitative estimate of drug-likeness (QED) is 0.687. The molecule has 0 aliphatic carbocycles. The van der Waals surface area contributed by atoms with E-state index in [2.05, 4.69) is 15.5 Å². The fourth-order valence-electron chi connectivity index (χ4n) is 1.64. The maximum absolute atomic E-state index is 10.9. The zero-order valence-electron chi connectivity index (χ0n) is 10.9. The number of nitro benzene ring substituents is 1. The molecule has 0 radical (unpaired) electrons. The van der Waals surface area contributed by atoms with Crippen LogP contribution in [0.2, 0.25) is 0 Å². The van der Waals surface area contributed by atoms with E-state index in [1.807, 2.05) is 27.0 Å². The number of benzene rings is 1. The molecule has 0 aliphatic heterocycles. The van der Waals surface area contributed by atoms with Gasteiger partial charge >= 0.3 is 0 Å². The largest absolute Gasteiger partial charge is 0.311 e. The van der Waals surface area contributed by atoms with E-state index in [0.29, 0.717) is 5.01 Å². The molecule has 2 rings (SSSR count). The standard InChI is InChI=1S/C12H14N4O2S/c1-7-4-9(6-10(5-7)16(17)18)12-15-14-11(19-12)8(2)13-3/h4-6,8,13H,1-3H3. The van der Waals surface area contributed by atoms with Gasteiger partial charge < -0.3 is 5.32 Å². The predicted molar refractivity (Wildman–Crippen MR) is 74.2 cm³/mol. The van der Waals surface area contributed by atoms with E-state index in [1.165, 1.54) is 17.4 Å². The summed E-state index contributed by atoms with van der Waals surface area (Å²) < 4.78 is 0. The third kappa shape index (κ3) is 2.94. The average molecular weight is 278 g/mol. The second-order valence-electron chi connectivity index (χ2n) is 4.27. The Morgan fingerprint density at radius 1 is 1.37 bits per heavy atom. The summed E-state index contributed by atoms with van der Waals surface area (Å²) in [6.45, 7) is 3.82. The molecule has 1 unspecified atom stereocenters. The molecule has 0 saturated carbocycles. The molecule has 6 nitrogen and oxygen atoms in total. The van der Waals surface area contributed by atoms with Gasteiger partial charge in [0.25, 0.3) is 5.69 Å². The SMILES string of the molecule is CNC(C)c1nnc(-c2cc(C)cc([N+](=O)[O-])c2)s1. The molecule has 0 bridgehead atoms. The van der Waals surface area contributed by atoms with Crippen LogP contribution in [0, 0.1) is 17.0 Å². The average Bonchev–Trinajstić information content (AvgIpc) is 2.86. The van der Waals surface area contributed by atoms with Crippen LogP contribution in [0.3, 0.4) is 0 Å². The van der Waals surface area contributed by atoms with Crippen LogP contribution in [0.25, 0.3) is 10.6 Å². The van der Waals surface area contributed by atoms with Crippen LogP contribution in [-0.2, 0) is 0 Å². The van der Waals surface area contributed by atoms with E-state index in [-0.39, 0.29) is 11.7 Å². The van der Waals surface area contributed by atoms with E-state index < -0.39 is 4.92 Å². The molecule has 2 aromatic rings. The Bertz CT molecular complexity index is 612. The first kappa shape index (κ1) is 13.6. The number of rotatable bonds is 4. The fourth-order valence-corrected chi connectivity index (χ4v) is 2.53. The number of non-ortho nitro benzene ring substituents is 1. The molecule has 0 fully saturated rings. The van der Waals surface area contributed by atoms with Crippen molar-refractivity contribution in [2.24, 2.45) is 0 Å². The van der Waals surface area contributed by atoms with Crippen LogP contribution in [0.1, 0.15) is 23.5 Å². The lowest BCUT2D eigenvalue weighted by molar-refractivity contribution is -0.384. The van der Waals surface area contributed by atoms with Gasteiger partial charge in [-0.15, -0.1) is 10.2 Å². The molecular weight excluding hydrogens is 264 g/mol. The molecule has 0 aliphatic rings. The van der Waals surface area contributed by atoms with Gasteiger partial charge in [0.1, 0.15) is 10.0 Å². The van der Waals surface area contributed by atoms with Crippen molar-refractivity contribution in [2.45, 2.75) is 19.9 Å². The Hall–Kier alpha value is -1.86. The highest BCUT2D eigenvalue weighted by Gasteiger charge is 2.14. The maximum atomic E-state index is 10.9. The van der Waals surface area contributed by atoms with Gasteiger partial charge in [-0.3, -0.25) is 10.1 Å². The van der Waals surface area contributed by atoms with Crippen molar-refractivity contribution in [3.05, 3.63) is 38.9 Å². The highest BCUT2D eigenvalue weighted by Crippen LogP contribution is 2.30. The molecule has 1 atom stereocenters. The first-order valence-electron chi connectivity index (χ1n) is 5.78. The summed E-state index contributed by atoms with van der Waals surface area (Å²) in [7, 11) is 1.85. The minimum absolute atomic E-state index is 0.0772. The first-order valence-corrected chi connectivity index (χ1v) is 6.60. The summed E-state index contributed by atoms with van der Waals surface area (Å²) in [6.07, 6.45) is 0. The Labute approximate surface area is 114 Å². The van der Waals surface area contributed by atoms with E-state index in [0.717, 1.165) is 16.1 Å². The second-order valence-corrected chi connectivity index (χ2v) is 5.28. The van der Waals surface area contributed by atoms with Gasteiger partial charge in [-0.25, -0.2) is 0 Å². The van der Waals surface area contributed by atoms with Crippen molar-refractivity contribution < 1.29 is 4.92 Å². The lowest BCUT2D eigenvalue weighted by Crippen LogP contribution is -2.11. The zero-order valence-corrected chi connectivity index (χ0v) is 11.7. The fraction of sp³-hybridized carbons (Fsp3) is 0.333. The summed E-state index contributed by atoms with van der Waals surface area (Å²) >= 11 is 1.44. The Balaban J connectivity index is 2.41. The molecule has 0 saturated heterocycles. The van der Waals surface area contributed by atoms with Crippen molar-refractivity contribution in [1.82, 2.24) is 15.5 Å². The summed E-state index contributed by atoms with van der Waals surface area (Å²) in [4.78, 5) is 10.5. The molecule has 1 N–H and O–H groups in total. The number of hydrogen-bond donors (Lipinski definition) is 1. The van der Waals surface area contributed by atoms with Gasteiger partial charge in [-0.05, 0) is 32.5 Å². The van der Waals surface area contributed by atoms with Gasteiger partial charge in [0.15, 0.2) is 0 Å². The van der Waals surface area contributed by atoms with Crippen LogP contribution in [0.15, 0.2) is 18.2 Å². The van der Waals surface area contributed by atoms with Crippen molar-refractivity contribution >= 4 is 17.0 Å². The van der Waals surface area contributed by atoms with Crippen LogP contribution in [-0.4, -0.2) is 22.2 Å². The zero-order chi connectivity index (χ0) is 14.0. The first-order chi connectivity index (χ1) is 9.01. The number of nitrogens with one attached hydrogen (secondary N) is 1. The highest BCUT2D eigenvalue weighted by molar-refractivity contribution is 7.14. The molecule has 1 heterocycles. The van der Waals surface area contributed by atoms with Gasteiger partial charge in [0, 0.05) is 17.7 Å². The van der Waals surface area contributed by atoms with Crippen molar-refractivity contribution in [3.8, 4) is 10.6 Å². The normalized spacial score (nSPS) is 12.4. The number of nitrogens with zero attached hydrogens (tertiary/aromatic N) is 3. The molecule has 0 amide bonds. The number of aromatic nitrogens is 2. The summed E-state index contributed by atoms with van der Waals surface area (Å²) in [6, 6.07) is 5.07. The van der Waals surface area contributed by atoms with Gasteiger partial charge in [0.2, 0.25) is 0 Å². The summed E-state index contributed by atoms with van der Waals surface area (Å²) in [5, 5.41) is 23.7. The Morgan fingerprint density at radius 3 is 2.74 bits per heavy atom. The number of nitro groups is 1. The third-order valence-electron chi connectivity index (χ3n) is 2.76.